The molecule has 1 aromatic carbocycles. The lowest BCUT2D eigenvalue weighted by Crippen LogP contribution is -2.42. The van der Waals surface area contributed by atoms with Crippen molar-refractivity contribution < 1.29 is 19.2 Å². The lowest BCUT2D eigenvalue weighted by atomic mass is 10.1. The number of hydrogen-bond donors (Lipinski definition) is 1. The number of aromatic nitrogens is 1. The van der Waals surface area contributed by atoms with Crippen LogP contribution < -0.4 is 0 Å². The van der Waals surface area contributed by atoms with E-state index in [0.29, 0.717) is 36.9 Å². The first-order chi connectivity index (χ1) is 11.7. The van der Waals surface area contributed by atoms with Gasteiger partial charge in [0.2, 0.25) is 0 Å². The summed E-state index contributed by atoms with van der Waals surface area (Å²) in [6.45, 7) is 3.46. The normalized spacial score (nSPS) is 17.9. The fourth-order valence-corrected chi connectivity index (χ4v) is 3.15. The largest absolute Gasteiger partial charge is 0.508 e. The average molecular weight is 348 g/mol. The predicted octanol–water partition coefficient (Wildman–Crippen LogP) is 2.85. The molecule has 1 amide bonds. The molecular formula is C17H20N2O4S. The number of carbonyl (C=O) groups excluding carboxylic acids is 1. The Morgan fingerprint density at radius 2 is 2.33 bits per heavy atom. The molecule has 24 heavy (non-hydrogen) atoms. The monoisotopic (exact) mass is 348 g/mol. The van der Waals surface area contributed by atoms with E-state index in [-0.39, 0.29) is 17.8 Å². The van der Waals surface area contributed by atoms with Crippen molar-refractivity contribution in [1.82, 2.24) is 10.1 Å². The molecule has 1 aromatic heterocycles. The van der Waals surface area contributed by atoms with Crippen LogP contribution in [-0.4, -0.2) is 46.5 Å². The van der Waals surface area contributed by atoms with Crippen LogP contribution in [0.2, 0.25) is 0 Å². The molecule has 1 fully saturated rings. The van der Waals surface area contributed by atoms with Gasteiger partial charge in [-0.25, -0.2) is 0 Å². The number of hydrogen-bond acceptors (Lipinski definition) is 6. The van der Waals surface area contributed by atoms with Gasteiger partial charge >= 0.3 is 0 Å². The van der Waals surface area contributed by atoms with Crippen LogP contribution in [0, 0.1) is 0 Å². The third kappa shape index (κ3) is 3.91. The van der Waals surface area contributed by atoms with E-state index in [1.165, 1.54) is 0 Å². The number of amides is 1. The van der Waals surface area contributed by atoms with Gasteiger partial charge in [0.15, 0.2) is 5.69 Å². The maximum absolute atomic E-state index is 12.6. The molecule has 1 atom stereocenters. The van der Waals surface area contributed by atoms with Crippen LogP contribution in [-0.2, 0) is 10.5 Å². The molecule has 0 radical (unpaired) electrons. The first kappa shape index (κ1) is 16.9. The molecule has 6 nitrogen and oxygen atoms in total. The zero-order chi connectivity index (χ0) is 16.9. The molecule has 128 valence electrons. The first-order valence-corrected chi connectivity index (χ1v) is 9.06. The number of aromatic hydroxyl groups is 1. The maximum Gasteiger partial charge on any atom is 0.276 e. The number of thioether (sulfide) groups is 1. The van der Waals surface area contributed by atoms with Crippen LogP contribution in [0.25, 0.3) is 0 Å². The molecule has 1 saturated heterocycles. The molecule has 0 spiro atoms. The second-order valence-electron chi connectivity index (χ2n) is 5.52. The van der Waals surface area contributed by atoms with Crippen molar-refractivity contribution in [3.8, 4) is 5.75 Å². The number of phenols is 1. The molecule has 0 unspecified atom stereocenters. The summed E-state index contributed by atoms with van der Waals surface area (Å²) in [5.74, 6) is 2.45. The molecule has 3 rings (SSSR count). The molecule has 1 N–H and O–H groups in total. The zero-order valence-electron chi connectivity index (χ0n) is 13.5. The van der Waals surface area contributed by atoms with E-state index in [2.05, 4.69) is 12.1 Å². The second-order valence-corrected chi connectivity index (χ2v) is 6.80. The van der Waals surface area contributed by atoms with Crippen molar-refractivity contribution in [1.29, 1.82) is 0 Å². The number of phenolic OH excluding ortho intramolecular Hbond substituents is 1. The Morgan fingerprint density at radius 3 is 3.12 bits per heavy atom. The SMILES string of the molecule is CCSCc1cc(C(=O)N2CCO[C@H](c3cccc(O)c3)C2)no1. The van der Waals surface area contributed by atoms with Crippen LogP contribution in [0.15, 0.2) is 34.9 Å². The number of ether oxygens (including phenoxy) is 1. The minimum Gasteiger partial charge on any atom is -0.508 e. The Balaban J connectivity index is 1.67. The van der Waals surface area contributed by atoms with Crippen molar-refractivity contribution in [2.75, 3.05) is 25.4 Å². The van der Waals surface area contributed by atoms with E-state index < -0.39 is 0 Å². The van der Waals surface area contributed by atoms with E-state index in [4.69, 9.17) is 9.26 Å². The second kappa shape index (κ2) is 7.72. The topological polar surface area (TPSA) is 75.8 Å². The summed E-state index contributed by atoms with van der Waals surface area (Å²) in [7, 11) is 0. The van der Waals surface area contributed by atoms with Gasteiger partial charge in [-0.1, -0.05) is 24.2 Å². The predicted molar refractivity (Wildman–Crippen MR) is 91.0 cm³/mol. The highest BCUT2D eigenvalue weighted by atomic mass is 32.2. The van der Waals surface area contributed by atoms with E-state index in [1.54, 1.807) is 40.9 Å². The summed E-state index contributed by atoms with van der Waals surface area (Å²) in [6.07, 6.45) is -0.253. The summed E-state index contributed by atoms with van der Waals surface area (Å²) in [5, 5.41) is 13.5. The first-order valence-electron chi connectivity index (χ1n) is 7.90. The van der Waals surface area contributed by atoms with Crippen LogP contribution >= 0.6 is 11.8 Å². The molecule has 7 heteroatoms. The van der Waals surface area contributed by atoms with Crippen molar-refractivity contribution in [3.63, 3.8) is 0 Å². The van der Waals surface area contributed by atoms with Gasteiger partial charge in [0.1, 0.15) is 17.6 Å². The lowest BCUT2D eigenvalue weighted by Gasteiger charge is -2.32. The molecule has 0 aliphatic carbocycles. The average Bonchev–Trinajstić information content (AvgIpc) is 3.08. The van der Waals surface area contributed by atoms with Gasteiger partial charge in [-0.3, -0.25) is 4.79 Å². The molecular weight excluding hydrogens is 328 g/mol. The van der Waals surface area contributed by atoms with Gasteiger partial charge in [-0.05, 0) is 23.4 Å². The minimum atomic E-state index is -0.253. The summed E-state index contributed by atoms with van der Waals surface area (Å²) >= 11 is 1.72. The Hall–Kier alpha value is -1.99. The van der Waals surface area contributed by atoms with Gasteiger partial charge in [0.05, 0.1) is 18.9 Å². The van der Waals surface area contributed by atoms with Gasteiger partial charge < -0.3 is 19.3 Å². The van der Waals surface area contributed by atoms with E-state index in [0.717, 1.165) is 11.3 Å². The molecule has 1 aliphatic rings. The number of carbonyl (C=O) groups is 1. The number of morpholine rings is 1. The van der Waals surface area contributed by atoms with Crippen LogP contribution in [0.1, 0.15) is 34.8 Å². The third-order valence-corrected chi connectivity index (χ3v) is 4.72. The highest BCUT2D eigenvalue weighted by Gasteiger charge is 2.28. The van der Waals surface area contributed by atoms with Crippen LogP contribution in [0.3, 0.4) is 0 Å². The van der Waals surface area contributed by atoms with Crippen molar-refractivity contribution in [2.24, 2.45) is 0 Å². The maximum atomic E-state index is 12.6. The summed E-state index contributed by atoms with van der Waals surface area (Å²) in [5.41, 5.74) is 1.19. The summed E-state index contributed by atoms with van der Waals surface area (Å²) in [4.78, 5) is 14.3. The summed E-state index contributed by atoms with van der Waals surface area (Å²) < 4.78 is 11.0. The number of nitrogens with zero attached hydrogens (tertiary/aromatic N) is 2. The van der Waals surface area contributed by atoms with Gasteiger partial charge in [0, 0.05) is 12.6 Å². The third-order valence-electron chi connectivity index (χ3n) is 3.82. The molecule has 2 aromatic rings. The van der Waals surface area contributed by atoms with Crippen molar-refractivity contribution >= 4 is 17.7 Å². The van der Waals surface area contributed by atoms with Gasteiger partial charge in [-0.15, -0.1) is 0 Å². The molecule has 0 saturated carbocycles. The highest BCUT2D eigenvalue weighted by molar-refractivity contribution is 7.98. The molecule has 1 aliphatic heterocycles. The Kier molecular flexibility index (Phi) is 5.42. The zero-order valence-corrected chi connectivity index (χ0v) is 14.3. The highest BCUT2D eigenvalue weighted by Crippen LogP contribution is 2.26. The number of benzene rings is 1. The minimum absolute atomic E-state index is 0.153. The number of rotatable bonds is 5. The van der Waals surface area contributed by atoms with Gasteiger partial charge in [0.25, 0.3) is 5.91 Å². The Labute approximate surface area is 144 Å². The van der Waals surface area contributed by atoms with E-state index in [1.807, 2.05) is 6.07 Å². The van der Waals surface area contributed by atoms with E-state index >= 15 is 0 Å². The Morgan fingerprint density at radius 1 is 1.46 bits per heavy atom. The molecule has 2 heterocycles. The summed E-state index contributed by atoms with van der Waals surface area (Å²) in [6, 6.07) is 8.64. The van der Waals surface area contributed by atoms with E-state index in [9.17, 15) is 9.90 Å². The van der Waals surface area contributed by atoms with Gasteiger partial charge in [-0.2, -0.15) is 11.8 Å². The van der Waals surface area contributed by atoms with Crippen LogP contribution in [0.5, 0.6) is 5.75 Å². The van der Waals surface area contributed by atoms with Crippen LogP contribution in [0.4, 0.5) is 0 Å². The Bertz CT molecular complexity index is 703. The quantitative estimate of drug-likeness (QED) is 0.895. The van der Waals surface area contributed by atoms with Crippen molar-refractivity contribution in [2.45, 2.75) is 18.8 Å². The van der Waals surface area contributed by atoms with Crippen molar-refractivity contribution in [3.05, 3.63) is 47.3 Å². The molecule has 0 bridgehead atoms. The fraction of sp³-hybridized carbons (Fsp3) is 0.412. The fourth-order valence-electron chi connectivity index (χ4n) is 2.61. The standard InChI is InChI=1S/C17H20N2O4S/c1-2-24-11-14-9-15(18-23-14)17(21)19-6-7-22-16(10-19)12-4-3-5-13(20)8-12/h3-5,8-9,16,20H,2,6-7,10-11H2,1H3/t16-/m0/s1. The smallest absolute Gasteiger partial charge is 0.276 e. The lowest BCUT2D eigenvalue weighted by molar-refractivity contribution is -0.0231.